The lowest BCUT2D eigenvalue weighted by molar-refractivity contribution is -0.132. The summed E-state index contributed by atoms with van der Waals surface area (Å²) in [5.74, 6) is 1.54. The average molecular weight is 1090 g/mol. The number of nitrogens with zero attached hydrogens (tertiary/aromatic N) is 10. The van der Waals surface area contributed by atoms with Crippen LogP contribution in [0.25, 0.3) is 27.8 Å². The van der Waals surface area contributed by atoms with Crippen molar-refractivity contribution in [2.75, 3.05) is 81.1 Å². The number of amides is 3. The Balaban J connectivity index is 0.711. The predicted molar refractivity (Wildman–Crippen MR) is 307 cm³/mol. The Labute approximate surface area is 466 Å². The standard InChI is InChI=1S/C62H71F3N12O3/c1-41(2)49-20-13-42(3)53(36-49)58-70-71-59(60(80)67-40-62(63,64)65)77(58)50-21-18-47(19-22-50)38-72(5)37-46-16-14-44(15-17-46)35-45-24-28-74(29-25-45)56(79)23-27-66-61-68-54-39-76(55-12-8-10-48-9-6-7-11-51(48)55)30-26-52(54)57(69-61)75-33-31-73(32-34-75)43(4)78/h6-22,36,41,45H,23-35,37-40H2,1-5H3,(H,67,80)(H,66,68,69). The van der Waals surface area contributed by atoms with Gasteiger partial charge in [0.25, 0.3) is 5.91 Å². The van der Waals surface area contributed by atoms with E-state index in [-0.39, 0.29) is 23.6 Å². The summed E-state index contributed by atoms with van der Waals surface area (Å²) >= 11 is 0. The minimum absolute atomic E-state index is 0.0907. The van der Waals surface area contributed by atoms with E-state index in [9.17, 15) is 27.6 Å². The minimum atomic E-state index is -4.58. The molecule has 0 saturated carbocycles. The van der Waals surface area contributed by atoms with Crippen LogP contribution in [0, 0.1) is 12.8 Å². The highest BCUT2D eigenvalue weighted by molar-refractivity contribution is 5.94. The number of rotatable bonds is 17. The Kier molecular flexibility index (Phi) is 16.8. The lowest BCUT2D eigenvalue weighted by Crippen LogP contribution is -2.49. The van der Waals surface area contributed by atoms with Crippen molar-refractivity contribution in [3.05, 3.63) is 154 Å². The third-order valence-corrected chi connectivity index (χ3v) is 15.9. The number of aryl methyl sites for hydroxylation is 1. The van der Waals surface area contributed by atoms with Gasteiger partial charge in [-0.25, -0.2) is 4.98 Å². The van der Waals surface area contributed by atoms with E-state index in [1.165, 1.54) is 32.2 Å². The predicted octanol–water partition coefficient (Wildman–Crippen LogP) is 9.75. The summed E-state index contributed by atoms with van der Waals surface area (Å²) in [6.45, 7) is 13.7. The fourth-order valence-corrected chi connectivity index (χ4v) is 11.4. The van der Waals surface area contributed by atoms with Gasteiger partial charge in [-0.3, -0.25) is 23.9 Å². The van der Waals surface area contributed by atoms with E-state index in [1.54, 1.807) is 6.92 Å². The smallest absolute Gasteiger partial charge is 0.365 e. The van der Waals surface area contributed by atoms with Gasteiger partial charge in [0.15, 0.2) is 5.82 Å². The summed E-state index contributed by atoms with van der Waals surface area (Å²) < 4.78 is 40.9. The lowest BCUT2D eigenvalue weighted by Gasteiger charge is -2.38. The summed E-state index contributed by atoms with van der Waals surface area (Å²) in [6, 6.07) is 37.3. The number of carbonyl (C=O) groups excluding carboxylic acids is 3. The minimum Gasteiger partial charge on any atom is -0.365 e. The summed E-state index contributed by atoms with van der Waals surface area (Å²) in [7, 11) is 2.05. The van der Waals surface area contributed by atoms with Crippen LogP contribution in [0.4, 0.5) is 30.6 Å². The number of piperidine rings is 1. The molecule has 0 aliphatic carbocycles. The second kappa shape index (κ2) is 24.2. The Bertz CT molecular complexity index is 3320. The second-order valence-electron chi connectivity index (χ2n) is 22.0. The number of anilines is 3. The summed E-state index contributed by atoms with van der Waals surface area (Å²) in [5, 5.41) is 16.3. The fraction of sp³-hybridized carbons (Fsp3) is 0.403. The van der Waals surface area contributed by atoms with Crippen LogP contribution in [0.5, 0.6) is 0 Å². The highest BCUT2D eigenvalue weighted by atomic mass is 19.4. The first-order valence-corrected chi connectivity index (χ1v) is 27.9. The molecule has 3 aliphatic heterocycles. The number of carbonyl (C=O) groups is 3. The first-order valence-electron chi connectivity index (χ1n) is 27.9. The molecule has 2 aromatic heterocycles. The summed E-state index contributed by atoms with van der Waals surface area (Å²) in [5.41, 5.74) is 10.0. The van der Waals surface area contributed by atoms with E-state index in [1.807, 2.05) is 64.5 Å². The number of halogens is 3. The van der Waals surface area contributed by atoms with Crippen molar-refractivity contribution in [3.63, 3.8) is 0 Å². The van der Waals surface area contributed by atoms with Gasteiger partial charge in [0, 0.05) is 107 Å². The van der Waals surface area contributed by atoms with Crippen molar-refractivity contribution < 1.29 is 27.6 Å². The number of benzene rings is 5. The molecule has 0 bridgehead atoms. The van der Waals surface area contributed by atoms with E-state index in [0.29, 0.717) is 82.2 Å². The van der Waals surface area contributed by atoms with Crippen molar-refractivity contribution in [1.29, 1.82) is 0 Å². The van der Waals surface area contributed by atoms with Crippen LogP contribution in [-0.4, -0.2) is 129 Å². The number of aromatic nitrogens is 5. The third kappa shape index (κ3) is 13.1. The summed E-state index contributed by atoms with van der Waals surface area (Å²) in [6.07, 6.45) is -0.590. The number of alkyl halides is 3. The average Bonchev–Trinajstić information content (AvgIpc) is 3.92. The summed E-state index contributed by atoms with van der Waals surface area (Å²) in [4.78, 5) is 59.9. The number of hydrogen-bond acceptors (Lipinski definition) is 11. The topological polar surface area (TPSA) is 148 Å². The molecule has 18 heteroatoms. The van der Waals surface area contributed by atoms with Crippen molar-refractivity contribution in [2.45, 2.75) is 91.5 Å². The molecule has 80 heavy (non-hydrogen) atoms. The first-order chi connectivity index (χ1) is 38.5. The van der Waals surface area contributed by atoms with Gasteiger partial charge in [-0.2, -0.15) is 18.2 Å². The van der Waals surface area contributed by atoms with Gasteiger partial charge < -0.3 is 30.2 Å². The van der Waals surface area contributed by atoms with Crippen molar-refractivity contribution >= 4 is 45.9 Å². The van der Waals surface area contributed by atoms with Crippen LogP contribution >= 0.6 is 0 Å². The molecule has 7 aromatic rings. The van der Waals surface area contributed by atoms with Crippen LogP contribution in [0.15, 0.2) is 109 Å². The Hall–Kier alpha value is -7.86. The first kappa shape index (κ1) is 55.5. The molecule has 418 valence electrons. The van der Waals surface area contributed by atoms with Gasteiger partial charge in [-0.05, 0) is 109 Å². The monoisotopic (exact) mass is 1090 g/mol. The molecule has 2 fully saturated rings. The van der Waals surface area contributed by atoms with Crippen molar-refractivity contribution in [3.8, 4) is 17.1 Å². The zero-order valence-corrected chi connectivity index (χ0v) is 46.4. The number of hydrogen-bond donors (Lipinski definition) is 2. The van der Waals surface area contributed by atoms with E-state index in [2.05, 4.69) is 118 Å². The van der Waals surface area contributed by atoms with Crippen LogP contribution in [0.2, 0.25) is 0 Å². The van der Waals surface area contributed by atoms with Crippen LogP contribution < -0.4 is 20.4 Å². The molecule has 2 N–H and O–H groups in total. The number of piperazine rings is 1. The zero-order valence-electron chi connectivity index (χ0n) is 46.4. The second-order valence-corrected chi connectivity index (χ2v) is 22.0. The van der Waals surface area contributed by atoms with Crippen molar-refractivity contribution in [1.82, 2.24) is 44.7 Å². The molecule has 3 aliphatic rings. The molecule has 2 saturated heterocycles. The van der Waals surface area contributed by atoms with E-state index in [4.69, 9.17) is 9.97 Å². The molecule has 5 aromatic carbocycles. The van der Waals surface area contributed by atoms with Gasteiger partial charge in [-0.15, -0.1) is 10.2 Å². The number of nitrogens with one attached hydrogen (secondary N) is 2. The quantitative estimate of drug-likeness (QED) is 0.0899. The van der Waals surface area contributed by atoms with Gasteiger partial charge in [0.2, 0.25) is 23.6 Å². The molecule has 10 rings (SSSR count). The Morgan fingerprint density at radius 1 is 0.762 bits per heavy atom. The fourth-order valence-electron chi connectivity index (χ4n) is 11.4. The highest BCUT2D eigenvalue weighted by Crippen LogP contribution is 2.35. The van der Waals surface area contributed by atoms with E-state index in [0.717, 1.165) is 84.6 Å². The Morgan fingerprint density at radius 3 is 2.15 bits per heavy atom. The van der Waals surface area contributed by atoms with Gasteiger partial charge in [-0.1, -0.05) is 98.8 Å². The maximum Gasteiger partial charge on any atom is 0.405 e. The molecular formula is C62H71F3N12O3. The SMILES string of the molecule is CC(=O)N1CCN(c2nc(NCCC(=O)N3CCC(Cc4ccc(CN(C)Cc5ccc(-n6c(C(=O)NCC(F)(F)F)nnc6-c6cc(C(C)C)ccc6C)cc5)cc4)CC3)nc3c2CCN(c2cccc4ccccc24)C3)CC1. The van der Waals surface area contributed by atoms with Crippen LogP contribution in [0.3, 0.4) is 0 Å². The largest absolute Gasteiger partial charge is 0.405 e. The van der Waals surface area contributed by atoms with Gasteiger partial charge >= 0.3 is 6.18 Å². The molecule has 0 radical (unpaired) electrons. The van der Waals surface area contributed by atoms with E-state index >= 15 is 0 Å². The third-order valence-electron chi connectivity index (χ3n) is 15.9. The maximum absolute atomic E-state index is 13.6. The number of likely N-dealkylation sites (tertiary alicyclic amines) is 1. The van der Waals surface area contributed by atoms with Gasteiger partial charge in [0.05, 0.1) is 12.2 Å². The Morgan fingerprint density at radius 2 is 1.45 bits per heavy atom. The molecule has 0 unspecified atom stereocenters. The normalized spacial score (nSPS) is 15.2. The lowest BCUT2D eigenvalue weighted by atomic mass is 9.90. The maximum atomic E-state index is 13.6. The zero-order chi connectivity index (χ0) is 56.1. The highest BCUT2D eigenvalue weighted by Gasteiger charge is 2.32. The molecule has 5 heterocycles. The van der Waals surface area contributed by atoms with Crippen molar-refractivity contribution in [2.24, 2.45) is 5.92 Å². The van der Waals surface area contributed by atoms with Gasteiger partial charge in [0.1, 0.15) is 12.4 Å². The van der Waals surface area contributed by atoms with Crippen LogP contribution in [0.1, 0.15) is 95.6 Å². The molecule has 0 spiro atoms. The van der Waals surface area contributed by atoms with Crippen LogP contribution in [-0.2, 0) is 42.1 Å². The van der Waals surface area contributed by atoms with E-state index < -0.39 is 18.6 Å². The molecule has 15 nitrogen and oxygen atoms in total. The number of fused-ring (bicyclic) bond motifs is 2. The molecule has 0 atom stereocenters. The molecule has 3 amide bonds. The molecular weight excluding hydrogens is 1020 g/mol.